The lowest BCUT2D eigenvalue weighted by molar-refractivity contribution is 0.146. The van der Waals surface area contributed by atoms with E-state index in [1.165, 1.54) is 51.4 Å². The normalized spacial score (nSPS) is 32.6. The molecule has 2 rings (SSSR count). The Bertz CT molecular complexity index is 228. The maximum Gasteiger partial charge on any atom is 0.118 e. The smallest absolute Gasteiger partial charge is 0.118 e. The molecule has 2 aliphatic rings. The number of hydrogen-bond donors (Lipinski definition) is 3. The molecular weight excluding hydrogens is 210 g/mol. The third-order valence-electron chi connectivity index (χ3n) is 4.88. The molecule has 2 aliphatic carbocycles. The molecule has 0 bridgehead atoms. The van der Waals surface area contributed by atoms with Crippen molar-refractivity contribution in [3.63, 3.8) is 0 Å². The molecule has 0 aliphatic heterocycles. The molecule has 0 heterocycles. The molecule has 0 aromatic heterocycles. The molecule has 2 atom stereocenters. The summed E-state index contributed by atoms with van der Waals surface area (Å²) in [5, 5.41) is 0. The van der Waals surface area contributed by atoms with Gasteiger partial charge in [-0.25, -0.2) is 0 Å². The average molecular weight is 239 g/mol. The maximum absolute atomic E-state index is 5.86. The quantitative estimate of drug-likeness (QED) is 0.661. The summed E-state index contributed by atoms with van der Waals surface area (Å²) in [6.45, 7) is 0. The van der Waals surface area contributed by atoms with Gasteiger partial charge in [0, 0.05) is 5.92 Å². The minimum Gasteiger partial charge on any atom is -0.301 e. The van der Waals surface area contributed by atoms with E-state index in [2.05, 4.69) is 0 Å². The molecule has 2 unspecified atom stereocenters. The zero-order chi connectivity index (χ0) is 12.3. The Hall–Kier alpha value is -0.120. The molecule has 3 heteroatoms. The van der Waals surface area contributed by atoms with Crippen molar-refractivity contribution in [2.24, 2.45) is 35.0 Å². The van der Waals surface area contributed by atoms with Crippen molar-refractivity contribution < 1.29 is 0 Å². The van der Waals surface area contributed by atoms with E-state index in [1.807, 2.05) is 0 Å². The fraction of sp³-hybridized carbons (Fsp3) is 1.00. The Labute approximate surface area is 105 Å². The van der Waals surface area contributed by atoms with Gasteiger partial charge < -0.3 is 17.2 Å². The lowest BCUT2D eigenvalue weighted by Gasteiger charge is -2.38. The topological polar surface area (TPSA) is 78.1 Å². The lowest BCUT2D eigenvalue weighted by Crippen LogP contribution is -2.64. The monoisotopic (exact) mass is 239 g/mol. The zero-order valence-electron chi connectivity index (χ0n) is 11.0. The van der Waals surface area contributed by atoms with Gasteiger partial charge in [0.1, 0.15) is 5.79 Å². The van der Waals surface area contributed by atoms with Gasteiger partial charge >= 0.3 is 0 Å². The molecule has 2 saturated carbocycles. The summed E-state index contributed by atoms with van der Waals surface area (Å²) in [7, 11) is 0. The van der Waals surface area contributed by atoms with E-state index in [0.717, 1.165) is 24.7 Å². The van der Waals surface area contributed by atoms with Crippen LogP contribution in [-0.4, -0.2) is 5.79 Å². The van der Waals surface area contributed by atoms with Gasteiger partial charge in [0.15, 0.2) is 0 Å². The van der Waals surface area contributed by atoms with Gasteiger partial charge in [0.05, 0.1) is 0 Å². The molecule has 0 aromatic carbocycles. The fourth-order valence-corrected chi connectivity index (χ4v) is 3.85. The van der Waals surface area contributed by atoms with Crippen molar-refractivity contribution in [2.75, 3.05) is 0 Å². The fourth-order valence-electron chi connectivity index (χ4n) is 3.85. The van der Waals surface area contributed by atoms with Crippen molar-refractivity contribution in [1.29, 1.82) is 0 Å². The third-order valence-corrected chi connectivity index (χ3v) is 4.88. The number of rotatable bonds is 3. The minimum atomic E-state index is -0.953. The standard InChI is InChI=1S/C14H29N3/c15-14(16,17)13-8-4-7-12(10-13)9-11-5-2-1-3-6-11/h11-13H,1-10,15-17H2. The summed E-state index contributed by atoms with van der Waals surface area (Å²) in [5.74, 6) is 1.16. The molecule has 100 valence electrons. The van der Waals surface area contributed by atoms with Crippen LogP contribution >= 0.6 is 0 Å². The van der Waals surface area contributed by atoms with Gasteiger partial charge in [-0.2, -0.15) is 0 Å². The Morgan fingerprint density at radius 1 is 0.765 bits per heavy atom. The molecule has 0 aromatic rings. The molecule has 3 nitrogen and oxygen atoms in total. The van der Waals surface area contributed by atoms with Gasteiger partial charge in [-0.05, 0) is 31.1 Å². The van der Waals surface area contributed by atoms with Crippen molar-refractivity contribution in [3.8, 4) is 0 Å². The minimum absolute atomic E-state index is 0.324. The van der Waals surface area contributed by atoms with E-state index in [1.54, 1.807) is 0 Å². The zero-order valence-corrected chi connectivity index (χ0v) is 11.0. The van der Waals surface area contributed by atoms with E-state index < -0.39 is 5.79 Å². The van der Waals surface area contributed by atoms with Crippen LogP contribution in [0.15, 0.2) is 0 Å². The molecule has 0 spiro atoms. The second-order valence-electron chi connectivity index (χ2n) is 6.47. The Kier molecular flexibility index (Phi) is 4.45. The van der Waals surface area contributed by atoms with Crippen molar-refractivity contribution in [3.05, 3.63) is 0 Å². The van der Waals surface area contributed by atoms with Crippen LogP contribution in [0.3, 0.4) is 0 Å². The maximum atomic E-state index is 5.86. The second kappa shape index (κ2) is 5.68. The lowest BCUT2D eigenvalue weighted by atomic mass is 9.73. The number of nitrogens with two attached hydrogens (primary N) is 3. The Morgan fingerprint density at radius 2 is 1.41 bits per heavy atom. The predicted molar refractivity (Wildman–Crippen MR) is 71.9 cm³/mol. The first-order valence-corrected chi connectivity index (χ1v) is 7.42. The van der Waals surface area contributed by atoms with E-state index in [-0.39, 0.29) is 0 Å². The van der Waals surface area contributed by atoms with E-state index in [9.17, 15) is 0 Å². The average Bonchev–Trinajstić information content (AvgIpc) is 2.29. The van der Waals surface area contributed by atoms with Crippen LogP contribution < -0.4 is 17.2 Å². The van der Waals surface area contributed by atoms with Crippen LogP contribution in [0.1, 0.15) is 64.2 Å². The van der Waals surface area contributed by atoms with Crippen molar-refractivity contribution in [1.82, 2.24) is 0 Å². The largest absolute Gasteiger partial charge is 0.301 e. The molecule has 6 N–H and O–H groups in total. The summed E-state index contributed by atoms with van der Waals surface area (Å²) in [6, 6.07) is 0. The highest BCUT2D eigenvalue weighted by Crippen LogP contribution is 2.38. The van der Waals surface area contributed by atoms with Gasteiger partial charge in [-0.15, -0.1) is 0 Å². The summed E-state index contributed by atoms with van der Waals surface area (Å²) >= 11 is 0. The Balaban J connectivity index is 1.80. The van der Waals surface area contributed by atoms with Crippen LogP contribution in [0.4, 0.5) is 0 Å². The highest BCUT2D eigenvalue weighted by Gasteiger charge is 2.33. The molecule has 2 fully saturated rings. The van der Waals surface area contributed by atoms with Gasteiger partial charge in [-0.1, -0.05) is 44.9 Å². The molecule has 17 heavy (non-hydrogen) atoms. The first kappa shape index (κ1) is 13.3. The molecule has 0 radical (unpaired) electrons. The van der Waals surface area contributed by atoms with Crippen LogP contribution in [0.5, 0.6) is 0 Å². The Morgan fingerprint density at radius 3 is 2.06 bits per heavy atom. The van der Waals surface area contributed by atoms with Gasteiger partial charge in [0.25, 0.3) is 0 Å². The summed E-state index contributed by atoms with van der Waals surface area (Å²) in [6.07, 6.45) is 13.5. The van der Waals surface area contributed by atoms with Crippen molar-refractivity contribution in [2.45, 2.75) is 70.0 Å². The third kappa shape index (κ3) is 3.94. The molecular formula is C14H29N3. The summed E-state index contributed by atoms with van der Waals surface area (Å²) in [5.41, 5.74) is 17.6. The highest BCUT2D eigenvalue weighted by molar-refractivity contribution is 4.86. The molecule has 0 amide bonds. The first-order valence-electron chi connectivity index (χ1n) is 7.42. The summed E-state index contributed by atoms with van der Waals surface area (Å²) in [4.78, 5) is 0. The second-order valence-corrected chi connectivity index (χ2v) is 6.47. The SMILES string of the molecule is NC(N)(N)C1CCCC(CC2CCCCC2)C1. The summed E-state index contributed by atoms with van der Waals surface area (Å²) < 4.78 is 0. The predicted octanol–water partition coefficient (Wildman–Crippen LogP) is 2.29. The van der Waals surface area contributed by atoms with Crippen molar-refractivity contribution >= 4 is 0 Å². The van der Waals surface area contributed by atoms with E-state index >= 15 is 0 Å². The number of hydrogen-bond acceptors (Lipinski definition) is 3. The molecule has 0 saturated heterocycles. The van der Waals surface area contributed by atoms with Crippen LogP contribution in [-0.2, 0) is 0 Å². The highest BCUT2D eigenvalue weighted by atomic mass is 15.1. The van der Waals surface area contributed by atoms with Crippen LogP contribution in [0, 0.1) is 17.8 Å². The van der Waals surface area contributed by atoms with E-state index in [0.29, 0.717) is 5.92 Å². The van der Waals surface area contributed by atoms with E-state index in [4.69, 9.17) is 17.2 Å². The van der Waals surface area contributed by atoms with Gasteiger partial charge in [0.2, 0.25) is 0 Å². The van der Waals surface area contributed by atoms with Crippen LogP contribution in [0.2, 0.25) is 0 Å². The van der Waals surface area contributed by atoms with Crippen LogP contribution in [0.25, 0.3) is 0 Å². The van der Waals surface area contributed by atoms with Gasteiger partial charge in [-0.3, -0.25) is 0 Å². The first-order chi connectivity index (χ1) is 8.05.